The zero-order valence-electron chi connectivity index (χ0n) is 17.7. The number of phenolic OH excluding ortho intramolecular Hbond substituents is 1. The maximum absolute atomic E-state index is 14.0. The number of amidine groups is 1. The highest BCUT2D eigenvalue weighted by atomic mass is 35.5. The van der Waals surface area contributed by atoms with E-state index in [-0.39, 0.29) is 17.8 Å². The number of Topliss-reactive ketones (excluding diaryl/α,β-unsaturated/α-hetero) is 1. The summed E-state index contributed by atoms with van der Waals surface area (Å²) in [7, 11) is -4.83. The Morgan fingerprint density at radius 2 is 2.00 bits per heavy atom. The van der Waals surface area contributed by atoms with E-state index in [1.54, 1.807) is 0 Å². The molecule has 1 aliphatic carbocycles. The van der Waals surface area contributed by atoms with Crippen LogP contribution in [0.25, 0.3) is 0 Å². The topological polar surface area (TPSA) is 159 Å². The van der Waals surface area contributed by atoms with Gasteiger partial charge in [0.05, 0.1) is 21.3 Å². The van der Waals surface area contributed by atoms with Gasteiger partial charge in [0.15, 0.2) is 16.6 Å². The number of nitrogens with zero attached hydrogens (tertiary/aromatic N) is 3. The van der Waals surface area contributed by atoms with Crippen LogP contribution in [0, 0.1) is 27.8 Å². The molecule has 3 aliphatic rings. The molecule has 0 bridgehead atoms. The van der Waals surface area contributed by atoms with Crippen LogP contribution in [0.2, 0.25) is 5.02 Å². The van der Waals surface area contributed by atoms with Gasteiger partial charge < -0.3 is 15.3 Å². The zero-order valence-corrected chi connectivity index (χ0v) is 19.3. The Bertz CT molecular complexity index is 1470. The van der Waals surface area contributed by atoms with Crippen molar-refractivity contribution in [3.8, 4) is 5.75 Å². The molecule has 2 aromatic rings. The van der Waals surface area contributed by atoms with E-state index in [0.717, 1.165) is 31.0 Å². The van der Waals surface area contributed by atoms with E-state index in [2.05, 4.69) is 9.71 Å². The summed E-state index contributed by atoms with van der Waals surface area (Å²) < 4.78 is 43.4. The molecule has 1 unspecified atom stereocenters. The Kier molecular flexibility index (Phi) is 5.29. The number of carbonyl (C=O) groups excluding carboxylic acids is 2. The van der Waals surface area contributed by atoms with Crippen LogP contribution >= 0.6 is 11.6 Å². The zero-order chi connectivity index (χ0) is 25.2. The second kappa shape index (κ2) is 7.99. The fraction of sp³-hybridized carbons (Fsp3) is 0.286. The average Bonchev–Trinajstić information content (AvgIpc) is 3.60. The molecular formula is C21H16ClFN4O7S. The number of fused-ring (bicyclic) bond motifs is 2. The molecule has 5 rings (SSSR count). The smallest absolute Gasteiger partial charge is 0.313 e. The standard InChI is InChI=1S/C21H16ClFN4O7S/c22-12-8-14(27(31)32)18(29)19-16(12)24-20(25-35(19,33)34)15-17(28)11-7-10(23)3-4-13(11)26(21(15)30)6-5-9-1-2-9/h3-4,7-9,15,29H,1-2,5-6H2,(H,24,25). The van der Waals surface area contributed by atoms with E-state index in [0.29, 0.717) is 12.3 Å². The number of nitro benzene ring substituents is 1. The Balaban J connectivity index is 1.62. The lowest BCUT2D eigenvalue weighted by Crippen LogP contribution is -2.50. The molecule has 1 amide bonds. The summed E-state index contributed by atoms with van der Waals surface area (Å²) in [5.41, 5.74) is -1.33. The average molecular weight is 523 g/mol. The summed E-state index contributed by atoms with van der Waals surface area (Å²) in [5.74, 6) is -5.48. The van der Waals surface area contributed by atoms with Crippen molar-refractivity contribution in [2.75, 3.05) is 16.8 Å². The molecule has 1 atom stereocenters. The van der Waals surface area contributed by atoms with Crippen LogP contribution in [0.4, 0.5) is 21.5 Å². The second-order valence-electron chi connectivity index (χ2n) is 8.44. The number of nitro groups is 1. The van der Waals surface area contributed by atoms with Crippen molar-refractivity contribution in [2.24, 2.45) is 16.2 Å². The van der Waals surface area contributed by atoms with Gasteiger partial charge in [-0.25, -0.2) is 4.39 Å². The van der Waals surface area contributed by atoms with Gasteiger partial charge >= 0.3 is 5.69 Å². The van der Waals surface area contributed by atoms with Crippen molar-refractivity contribution >= 4 is 56.2 Å². The van der Waals surface area contributed by atoms with Crippen LogP contribution in [0.1, 0.15) is 29.6 Å². The first kappa shape index (κ1) is 23.2. The van der Waals surface area contributed by atoms with Crippen molar-refractivity contribution in [1.82, 2.24) is 0 Å². The maximum atomic E-state index is 14.0. The number of nitrogens with one attached hydrogen (secondary N) is 1. The summed E-state index contributed by atoms with van der Waals surface area (Å²) >= 11 is 6.06. The third kappa shape index (κ3) is 3.80. The molecule has 2 aliphatic heterocycles. The predicted molar refractivity (Wildman–Crippen MR) is 122 cm³/mol. The van der Waals surface area contributed by atoms with Gasteiger partial charge in [0.25, 0.3) is 10.0 Å². The lowest BCUT2D eigenvalue weighted by atomic mass is 9.88. The van der Waals surface area contributed by atoms with Crippen LogP contribution in [-0.4, -0.2) is 42.5 Å². The fourth-order valence-electron chi connectivity index (χ4n) is 4.23. The first-order valence-corrected chi connectivity index (χ1v) is 12.3. The number of amides is 1. The van der Waals surface area contributed by atoms with Gasteiger partial charge in [-0.3, -0.25) is 19.7 Å². The summed E-state index contributed by atoms with van der Waals surface area (Å²) in [6.07, 6.45) is 2.67. The van der Waals surface area contributed by atoms with Crippen molar-refractivity contribution in [2.45, 2.75) is 24.2 Å². The fourth-order valence-corrected chi connectivity index (χ4v) is 5.80. The number of phenols is 1. The van der Waals surface area contributed by atoms with Crippen molar-refractivity contribution in [1.29, 1.82) is 0 Å². The van der Waals surface area contributed by atoms with E-state index >= 15 is 0 Å². The largest absolute Gasteiger partial charge is 0.501 e. The van der Waals surface area contributed by atoms with Crippen LogP contribution < -0.4 is 10.2 Å². The minimum absolute atomic E-state index is 0.115. The van der Waals surface area contributed by atoms with Gasteiger partial charge in [-0.1, -0.05) is 24.4 Å². The van der Waals surface area contributed by atoms with Crippen LogP contribution in [0.3, 0.4) is 0 Å². The number of anilines is 2. The Morgan fingerprint density at radius 3 is 2.66 bits per heavy atom. The Morgan fingerprint density at radius 1 is 1.29 bits per heavy atom. The van der Waals surface area contributed by atoms with E-state index in [9.17, 15) is 37.6 Å². The number of carbonyl (C=O) groups is 2. The maximum Gasteiger partial charge on any atom is 0.313 e. The molecule has 0 spiro atoms. The highest BCUT2D eigenvalue weighted by molar-refractivity contribution is 7.90. The quantitative estimate of drug-likeness (QED) is 0.344. The molecule has 0 saturated heterocycles. The minimum atomic E-state index is -4.83. The van der Waals surface area contributed by atoms with E-state index < -0.39 is 71.3 Å². The molecule has 0 aromatic heterocycles. The van der Waals surface area contributed by atoms with Gasteiger partial charge in [-0.15, -0.1) is 4.40 Å². The number of halogens is 2. The third-order valence-electron chi connectivity index (χ3n) is 6.13. The molecule has 0 radical (unpaired) electrons. The lowest BCUT2D eigenvalue weighted by molar-refractivity contribution is -0.386. The second-order valence-corrected chi connectivity index (χ2v) is 10.4. The van der Waals surface area contributed by atoms with Crippen molar-refractivity contribution in [3.05, 3.63) is 50.8 Å². The molecule has 2 N–H and O–H groups in total. The van der Waals surface area contributed by atoms with E-state index in [1.165, 1.54) is 11.0 Å². The normalized spacial score (nSPS) is 20.6. The molecule has 182 valence electrons. The monoisotopic (exact) mass is 522 g/mol. The summed E-state index contributed by atoms with van der Waals surface area (Å²) in [6, 6.07) is 4.14. The number of hydrogen-bond donors (Lipinski definition) is 2. The van der Waals surface area contributed by atoms with Gasteiger partial charge in [0, 0.05) is 18.2 Å². The van der Waals surface area contributed by atoms with Crippen LogP contribution in [0.5, 0.6) is 5.75 Å². The van der Waals surface area contributed by atoms with E-state index in [1.807, 2.05) is 0 Å². The van der Waals surface area contributed by atoms with Crippen molar-refractivity contribution in [3.63, 3.8) is 0 Å². The Labute approximate surface area is 202 Å². The van der Waals surface area contributed by atoms with Gasteiger partial charge in [-0.05, 0) is 30.5 Å². The Hall–Kier alpha value is -3.58. The SMILES string of the molecule is O=C1c2cc(F)ccc2N(CCC2CC2)C(=O)C1C1=NS(=O)(=O)c2c(O)c([N+](=O)[O-])cc(Cl)c2N1. The van der Waals surface area contributed by atoms with Gasteiger partial charge in [-0.2, -0.15) is 8.42 Å². The van der Waals surface area contributed by atoms with Gasteiger partial charge in [0.2, 0.25) is 11.7 Å². The number of hydrogen-bond acceptors (Lipinski definition) is 8. The van der Waals surface area contributed by atoms with Gasteiger partial charge in [0.1, 0.15) is 11.7 Å². The molecule has 11 nitrogen and oxygen atoms in total. The van der Waals surface area contributed by atoms with Crippen LogP contribution in [0.15, 0.2) is 33.6 Å². The molecule has 1 saturated carbocycles. The molecule has 2 heterocycles. The number of ketones is 1. The predicted octanol–water partition coefficient (Wildman–Crippen LogP) is 3.25. The van der Waals surface area contributed by atoms with Crippen LogP contribution in [-0.2, 0) is 14.8 Å². The molecule has 14 heteroatoms. The molecule has 2 aromatic carbocycles. The molecular weight excluding hydrogens is 507 g/mol. The molecule has 1 fully saturated rings. The summed E-state index contributed by atoms with van der Waals surface area (Å²) in [6.45, 7) is 0.232. The molecule has 35 heavy (non-hydrogen) atoms. The first-order chi connectivity index (χ1) is 16.5. The lowest BCUT2D eigenvalue weighted by Gasteiger charge is -2.34. The van der Waals surface area contributed by atoms with Crippen molar-refractivity contribution < 1.29 is 32.4 Å². The number of rotatable bonds is 5. The van der Waals surface area contributed by atoms with E-state index in [4.69, 9.17) is 11.6 Å². The third-order valence-corrected chi connectivity index (χ3v) is 7.78. The number of benzene rings is 2. The highest BCUT2D eigenvalue weighted by Gasteiger charge is 2.46. The highest BCUT2D eigenvalue weighted by Crippen LogP contribution is 2.46. The summed E-state index contributed by atoms with van der Waals surface area (Å²) in [5, 5.41) is 23.4. The number of aromatic hydroxyl groups is 1. The number of sulfonamides is 1. The first-order valence-electron chi connectivity index (χ1n) is 10.5. The summed E-state index contributed by atoms with van der Waals surface area (Å²) in [4.78, 5) is 37.3. The minimum Gasteiger partial charge on any atom is -0.501 e.